The van der Waals surface area contributed by atoms with Crippen LogP contribution in [0.2, 0.25) is 0 Å². The Bertz CT molecular complexity index is 1480. The van der Waals surface area contributed by atoms with Crippen LogP contribution in [0.1, 0.15) is 36.2 Å². The van der Waals surface area contributed by atoms with Crippen molar-refractivity contribution in [2.45, 2.75) is 25.8 Å². The fourth-order valence-corrected chi connectivity index (χ4v) is 3.72. The van der Waals surface area contributed by atoms with Gasteiger partial charge in [0.2, 0.25) is 11.3 Å². The van der Waals surface area contributed by atoms with Gasteiger partial charge in [-0.25, -0.2) is 18.4 Å². The summed E-state index contributed by atoms with van der Waals surface area (Å²) in [6, 6.07) is 0.484. The van der Waals surface area contributed by atoms with Gasteiger partial charge in [-0.15, -0.1) is 0 Å². The molecule has 0 bridgehead atoms. The first-order valence-corrected chi connectivity index (χ1v) is 9.83. The van der Waals surface area contributed by atoms with Crippen LogP contribution in [-0.4, -0.2) is 31.4 Å². The molecule has 1 aromatic carbocycles. The molecule has 4 rings (SSSR count). The average Bonchev–Trinajstić information content (AvgIpc) is 3.59. The number of aromatic hydroxyl groups is 1. The maximum atomic E-state index is 15.8. The largest absolute Gasteiger partial charge is 0.494 e. The molecule has 1 aliphatic rings. The van der Waals surface area contributed by atoms with Crippen molar-refractivity contribution in [3.05, 3.63) is 60.5 Å². The Kier molecular flexibility index (Phi) is 4.99. The average molecular weight is 447 g/mol. The molecule has 0 saturated heterocycles. The number of carbonyl (C=O) groups is 1. The van der Waals surface area contributed by atoms with Gasteiger partial charge >= 0.3 is 11.7 Å². The minimum atomic E-state index is -1.30. The van der Waals surface area contributed by atoms with E-state index in [2.05, 4.69) is 0 Å². The van der Waals surface area contributed by atoms with Crippen molar-refractivity contribution in [2.24, 2.45) is 14.1 Å². The molecule has 0 atom stereocenters. The summed E-state index contributed by atoms with van der Waals surface area (Å²) in [7, 11) is 2.25. The molecule has 0 unspecified atom stereocenters. The zero-order valence-corrected chi connectivity index (χ0v) is 17.4. The molecule has 0 spiro atoms. The van der Waals surface area contributed by atoms with Crippen molar-refractivity contribution in [2.75, 3.05) is 6.61 Å². The van der Waals surface area contributed by atoms with E-state index in [1.807, 2.05) is 0 Å². The number of nitrogens with zero attached hydrogens (tertiary/aromatic N) is 3. The number of carbonyl (C=O) groups excluding carboxylic acids is 1. The number of aromatic nitrogens is 3. The first-order chi connectivity index (χ1) is 15.1. The third-order valence-corrected chi connectivity index (χ3v) is 5.53. The predicted octanol–water partition coefficient (Wildman–Crippen LogP) is 1.56. The van der Waals surface area contributed by atoms with Crippen molar-refractivity contribution >= 4 is 16.9 Å². The highest BCUT2D eigenvalue weighted by molar-refractivity contribution is 5.95. The molecule has 3 aromatic rings. The quantitative estimate of drug-likeness (QED) is 0.608. The molecule has 1 N–H and O–H groups in total. The lowest BCUT2D eigenvalue weighted by molar-refractivity contribution is 0.0524. The summed E-state index contributed by atoms with van der Waals surface area (Å²) in [5, 5.41) is 9.97. The topological polar surface area (TPSA) is 113 Å². The highest BCUT2D eigenvalue weighted by Gasteiger charge is 2.32. The second kappa shape index (κ2) is 7.43. The highest BCUT2D eigenvalue weighted by atomic mass is 19.1. The van der Waals surface area contributed by atoms with E-state index < -0.39 is 56.7 Å². The molecule has 2 heterocycles. The molecule has 168 valence electrons. The molecule has 2 aromatic heterocycles. The Morgan fingerprint density at radius 1 is 1.16 bits per heavy atom. The van der Waals surface area contributed by atoms with Crippen molar-refractivity contribution in [1.29, 1.82) is 0 Å². The summed E-state index contributed by atoms with van der Waals surface area (Å²) < 4.78 is 38.5. The van der Waals surface area contributed by atoms with Crippen LogP contribution in [0, 0.1) is 11.6 Å². The minimum Gasteiger partial charge on any atom is -0.494 e. The molecule has 1 saturated carbocycles. The summed E-state index contributed by atoms with van der Waals surface area (Å²) in [6.07, 6.45) is 2.45. The van der Waals surface area contributed by atoms with E-state index in [9.17, 15) is 24.3 Å². The van der Waals surface area contributed by atoms with Gasteiger partial charge in [-0.3, -0.25) is 18.7 Å². The monoisotopic (exact) mass is 447 g/mol. The Morgan fingerprint density at radius 2 is 1.81 bits per heavy atom. The van der Waals surface area contributed by atoms with Gasteiger partial charge < -0.3 is 14.4 Å². The molecular weight excluding hydrogens is 428 g/mol. The molecule has 0 aliphatic heterocycles. The smallest absolute Gasteiger partial charge is 0.343 e. The van der Waals surface area contributed by atoms with Gasteiger partial charge in [0.1, 0.15) is 16.9 Å². The SMILES string of the molecule is CCOC(=O)c1cn(C2CC2)c2c(F)c(-c3c(O)n(C)c(=O)n(C)c3=O)c(F)cc2c1=O. The van der Waals surface area contributed by atoms with Gasteiger partial charge in [0, 0.05) is 26.3 Å². The number of esters is 1. The van der Waals surface area contributed by atoms with E-state index in [1.165, 1.54) is 10.8 Å². The highest BCUT2D eigenvalue weighted by Crippen LogP contribution is 2.40. The Hall–Kier alpha value is -3.76. The summed E-state index contributed by atoms with van der Waals surface area (Å²) in [4.78, 5) is 49.8. The standard InChI is InChI=1S/C21H19F2N3O6/c1-4-32-20(30)11-8-26(9-5-6-9)16-10(17(11)27)7-12(22)13(15(16)23)14-18(28)24(2)21(31)25(3)19(14)29/h7-9,28H,4-6H2,1-3H3. The third-order valence-electron chi connectivity index (χ3n) is 5.53. The number of hydrogen-bond donors (Lipinski definition) is 1. The molecular formula is C21H19F2N3O6. The number of halogens is 2. The first-order valence-electron chi connectivity index (χ1n) is 9.83. The zero-order chi connectivity index (χ0) is 23.5. The number of fused-ring (bicyclic) bond motifs is 1. The summed E-state index contributed by atoms with van der Waals surface area (Å²) in [6.45, 7) is 1.57. The normalized spacial score (nSPS) is 13.5. The van der Waals surface area contributed by atoms with Gasteiger partial charge in [0.15, 0.2) is 5.82 Å². The Morgan fingerprint density at radius 3 is 2.41 bits per heavy atom. The van der Waals surface area contributed by atoms with Gasteiger partial charge in [0.05, 0.1) is 23.1 Å². The minimum absolute atomic E-state index is 0.0106. The van der Waals surface area contributed by atoms with Crippen LogP contribution < -0.4 is 16.7 Å². The van der Waals surface area contributed by atoms with Crippen molar-refractivity contribution in [3.8, 4) is 17.0 Å². The first kappa shape index (κ1) is 21.5. The number of ether oxygens (including phenoxy) is 1. The number of pyridine rings is 1. The van der Waals surface area contributed by atoms with Gasteiger partial charge in [-0.1, -0.05) is 0 Å². The molecule has 32 heavy (non-hydrogen) atoms. The van der Waals surface area contributed by atoms with E-state index in [0.29, 0.717) is 22.0 Å². The van der Waals surface area contributed by atoms with Crippen LogP contribution >= 0.6 is 0 Å². The van der Waals surface area contributed by atoms with E-state index in [4.69, 9.17) is 4.74 Å². The Balaban J connectivity index is 2.15. The second-order valence-corrected chi connectivity index (χ2v) is 7.58. The maximum Gasteiger partial charge on any atom is 0.343 e. The summed E-state index contributed by atoms with van der Waals surface area (Å²) in [5.74, 6) is -4.39. The second-order valence-electron chi connectivity index (χ2n) is 7.58. The molecule has 0 amide bonds. The summed E-state index contributed by atoms with van der Waals surface area (Å²) in [5.41, 5.74) is -5.20. The Labute approximate surface area is 178 Å². The number of hydrogen-bond acceptors (Lipinski definition) is 6. The predicted molar refractivity (Wildman–Crippen MR) is 110 cm³/mol. The third kappa shape index (κ3) is 3.03. The number of benzene rings is 1. The lowest BCUT2D eigenvalue weighted by atomic mass is 10.0. The van der Waals surface area contributed by atoms with Gasteiger partial charge in [0.25, 0.3) is 5.56 Å². The van der Waals surface area contributed by atoms with Crippen LogP contribution in [0.4, 0.5) is 8.78 Å². The fraction of sp³-hybridized carbons (Fsp3) is 0.333. The molecule has 0 radical (unpaired) electrons. The van der Waals surface area contributed by atoms with Crippen LogP contribution in [0.3, 0.4) is 0 Å². The van der Waals surface area contributed by atoms with Crippen LogP contribution in [0.25, 0.3) is 22.0 Å². The van der Waals surface area contributed by atoms with E-state index in [1.54, 1.807) is 6.92 Å². The zero-order valence-electron chi connectivity index (χ0n) is 17.4. The van der Waals surface area contributed by atoms with Gasteiger partial charge in [-0.05, 0) is 25.8 Å². The molecule has 9 nitrogen and oxygen atoms in total. The van der Waals surface area contributed by atoms with E-state index >= 15 is 8.78 Å². The van der Waals surface area contributed by atoms with Crippen LogP contribution in [-0.2, 0) is 18.8 Å². The van der Waals surface area contributed by atoms with E-state index in [0.717, 1.165) is 20.2 Å². The molecule has 1 fully saturated rings. The number of rotatable bonds is 4. The fourth-order valence-electron chi connectivity index (χ4n) is 3.72. The lowest BCUT2D eigenvalue weighted by Gasteiger charge is -2.17. The maximum absolute atomic E-state index is 15.8. The molecule has 1 aliphatic carbocycles. The van der Waals surface area contributed by atoms with Gasteiger partial charge in [-0.2, -0.15) is 0 Å². The van der Waals surface area contributed by atoms with Crippen LogP contribution in [0.15, 0.2) is 26.6 Å². The van der Waals surface area contributed by atoms with Crippen molar-refractivity contribution in [3.63, 3.8) is 0 Å². The lowest BCUT2D eigenvalue weighted by Crippen LogP contribution is -2.37. The van der Waals surface area contributed by atoms with Crippen LogP contribution in [0.5, 0.6) is 5.88 Å². The van der Waals surface area contributed by atoms with E-state index in [-0.39, 0.29) is 23.7 Å². The van der Waals surface area contributed by atoms with Crippen molar-refractivity contribution < 1.29 is 23.4 Å². The van der Waals surface area contributed by atoms with Crippen molar-refractivity contribution in [1.82, 2.24) is 13.7 Å². The summed E-state index contributed by atoms with van der Waals surface area (Å²) >= 11 is 0. The molecule has 11 heteroatoms.